The van der Waals surface area contributed by atoms with E-state index in [9.17, 15) is 4.79 Å². The van der Waals surface area contributed by atoms with Crippen molar-refractivity contribution < 1.29 is 4.79 Å². The molecule has 0 saturated carbocycles. The maximum atomic E-state index is 13.9. The van der Waals surface area contributed by atoms with Crippen LogP contribution in [0.3, 0.4) is 0 Å². The van der Waals surface area contributed by atoms with Crippen LogP contribution in [0.5, 0.6) is 0 Å². The van der Waals surface area contributed by atoms with Crippen molar-refractivity contribution in [1.82, 2.24) is 14.9 Å². The van der Waals surface area contributed by atoms with Gasteiger partial charge in [-0.25, -0.2) is 4.98 Å². The molecular weight excluding hydrogens is 418 g/mol. The summed E-state index contributed by atoms with van der Waals surface area (Å²) >= 11 is 0. The quantitative estimate of drug-likeness (QED) is 0.312. The summed E-state index contributed by atoms with van der Waals surface area (Å²) in [6.07, 6.45) is 3.02. The standard InChI is InChI=1S/C30H33N3O/c1-5-6-20-25(23-16-9-7-10-17-23)31-30(34)28-27(26-21(2)14-13-15-22(26)3)32-29(33(28)4)24-18-11-8-12-19-24/h7-19,25H,5-6,20H2,1-4H3,(H,31,34). The molecule has 1 N–H and O–H groups in total. The average molecular weight is 452 g/mol. The number of hydrogen-bond donors (Lipinski definition) is 1. The number of aryl methyl sites for hydroxylation is 2. The fraction of sp³-hybridized carbons (Fsp3) is 0.267. The zero-order chi connectivity index (χ0) is 24.1. The van der Waals surface area contributed by atoms with Crippen molar-refractivity contribution >= 4 is 5.91 Å². The molecular formula is C30H33N3O. The Labute approximate surface area is 202 Å². The van der Waals surface area contributed by atoms with E-state index in [-0.39, 0.29) is 11.9 Å². The Morgan fingerprint density at radius 1 is 0.912 bits per heavy atom. The van der Waals surface area contributed by atoms with Crippen molar-refractivity contribution in [2.75, 3.05) is 0 Å². The van der Waals surface area contributed by atoms with Gasteiger partial charge in [0, 0.05) is 18.2 Å². The molecule has 174 valence electrons. The minimum atomic E-state index is -0.0974. The Bertz CT molecular complexity index is 1240. The Morgan fingerprint density at radius 3 is 2.15 bits per heavy atom. The molecule has 0 aliphatic rings. The molecule has 4 nitrogen and oxygen atoms in total. The second kappa shape index (κ2) is 10.5. The summed E-state index contributed by atoms with van der Waals surface area (Å²) in [5.41, 5.74) is 6.68. The van der Waals surface area contributed by atoms with Crippen LogP contribution in [0.25, 0.3) is 22.6 Å². The van der Waals surface area contributed by atoms with Crippen LogP contribution in [0, 0.1) is 13.8 Å². The highest BCUT2D eigenvalue weighted by molar-refractivity contribution is 6.00. The molecule has 0 spiro atoms. The van der Waals surface area contributed by atoms with E-state index in [1.165, 1.54) is 0 Å². The fourth-order valence-corrected chi connectivity index (χ4v) is 4.61. The van der Waals surface area contributed by atoms with Crippen molar-refractivity contribution in [3.63, 3.8) is 0 Å². The minimum Gasteiger partial charge on any atom is -0.344 e. The molecule has 0 aliphatic heterocycles. The molecule has 4 aromatic rings. The van der Waals surface area contributed by atoms with Gasteiger partial charge in [0.25, 0.3) is 5.91 Å². The first-order valence-electron chi connectivity index (χ1n) is 12.1. The molecule has 34 heavy (non-hydrogen) atoms. The number of amides is 1. The zero-order valence-electron chi connectivity index (χ0n) is 20.5. The third kappa shape index (κ3) is 4.81. The lowest BCUT2D eigenvalue weighted by atomic mass is 9.98. The van der Waals surface area contributed by atoms with E-state index in [0.29, 0.717) is 5.69 Å². The van der Waals surface area contributed by atoms with E-state index >= 15 is 0 Å². The Kier molecular flexibility index (Phi) is 7.27. The summed E-state index contributed by atoms with van der Waals surface area (Å²) in [5.74, 6) is 0.688. The Hall–Kier alpha value is -3.66. The number of unbranched alkanes of at least 4 members (excludes halogenated alkanes) is 1. The monoisotopic (exact) mass is 451 g/mol. The van der Waals surface area contributed by atoms with Gasteiger partial charge in [-0.05, 0) is 37.0 Å². The van der Waals surface area contributed by atoms with Crippen LogP contribution >= 0.6 is 0 Å². The number of rotatable bonds is 8. The van der Waals surface area contributed by atoms with Crippen LogP contribution in [-0.4, -0.2) is 15.5 Å². The average Bonchev–Trinajstić information content (AvgIpc) is 3.19. The maximum absolute atomic E-state index is 13.9. The molecule has 4 rings (SSSR count). The third-order valence-electron chi connectivity index (χ3n) is 6.41. The number of carbonyl (C=O) groups is 1. The predicted octanol–water partition coefficient (Wildman–Crippen LogP) is 7.03. The van der Waals surface area contributed by atoms with Gasteiger partial charge in [0.1, 0.15) is 17.2 Å². The van der Waals surface area contributed by atoms with Crippen molar-refractivity contribution in [3.8, 4) is 22.6 Å². The van der Waals surface area contributed by atoms with Crippen molar-refractivity contribution in [3.05, 3.63) is 101 Å². The van der Waals surface area contributed by atoms with Crippen LogP contribution in [0.4, 0.5) is 0 Å². The van der Waals surface area contributed by atoms with Crippen LogP contribution < -0.4 is 5.32 Å². The summed E-state index contributed by atoms with van der Waals surface area (Å²) in [5, 5.41) is 3.34. The molecule has 1 amide bonds. The number of carbonyl (C=O) groups excluding carboxylic acids is 1. The van der Waals surface area contributed by atoms with Gasteiger partial charge < -0.3 is 9.88 Å². The first-order valence-corrected chi connectivity index (χ1v) is 12.1. The number of aromatic nitrogens is 2. The van der Waals surface area contributed by atoms with E-state index in [4.69, 9.17) is 4.98 Å². The molecule has 4 heteroatoms. The van der Waals surface area contributed by atoms with Crippen LogP contribution in [0.1, 0.15) is 59.4 Å². The van der Waals surface area contributed by atoms with Crippen LogP contribution in [0.2, 0.25) is 0 Å². The summed E-state index contributed by atoms with van der Waals surface area (Å²) in [6, 6.07) is 26.5. The topological polar surface area (TPSA) is 46.9 Å². The number of nitrogens with one attached hydrogen (secondary N) is 1. The molecule has 0 bridgehead atoms. The van der Waals surface area contributed by atoms with Crippen molar-refractivity contribution in [2.24, 2.45) is 7.05 Å². The van der Waals surface area contributed by atoms with Gasteiger partial charge in [-0.2, -0.15) is 0 Å². The molecule has 0 saturated heterocycles. The number of hydrogen-bond acceptors (Lipinski definition) is 2. The van der Waals surface area contributed by atoms with E-state index in [1.54, 1.807) is 0 Å². The molecule has 1 aromatic heterocycles. The predicted molar refractivity (Wildman–Crippen MR) is 140 cm³/mol. The molecule has 0 radical (unpaired) electrons. The minimum absolute atomic E-state index is 0.0467. The Morgan fingerprint density at radius 2 is 1.53 bits per heavy atom. The number of benzene rings is 3. The second-order valence-electron chi connectivity index (χ2n) is 8.90. The molecule has 3 aromatic carbocycles. The van der Waals surface area contributed by atoms with E-state index < -0.39 is 0 Å². The van der Waals surface area contributed by atoms with Gasteiger partial charge in [-0.3, -0.25) is 4.79 Å². The lowest BCUT2D eigenvalue weighted by molar-refractivity contribution is 0.0926. The summed E-state index contributed by atoms with van der Waals surface area (Å²) in [4.78, 5) is 18.9. The molecule has 0 aliphatic carbocycles. The highest BCUT2D eigenvalue weighted by Crippen LogP contribution is 2.33. The largest absolute Gasteiger partial charge is 0.344 e. The second-order valence-corrected chi connectivity index (χ2v) is 8.90. The molecule has 1 unspecified atom stereocenters. The zero-order valence-corrected chi connectivity index (χ0v) is 20.5. The SMILES string of the molecule is CCCCC(NC(=O)c1c(-c2c(C)cccc2C)nc(-c2ccccc2)n1C)c1ccccc1. The highest BCUT2D eigenvalue weighted by Gasteiger charge is 2.26. The normalized spacial score (nSPS) is 11.9. The summed E-state index contributed by atoms with van der Waals surface area (Å²) < 4.78 is 1.94. The smallest absolute Gasteiger partial charge is 0.270 e. The number of nitrogens with zero attached hydrogens (tertiary/aromatic N) is 2. The summed E-state index contributed by atoms with van der Waals surface area (Å²) in [7, 11) is 1.94. The highest BCUT2D eigenvalue weighted by atomic mass is 16.2. The van der Waals surface area contributed by atoms with Crippen molar-refractivity contribution in [1.29, 1.82) is 0 Å². The van der Waals surface area contributed by atoms with Crippen LogP contribution in [-0.2, 0) is 7.05 Å². The van der Waals surface area contributed by atoms with Gasteiger partial charge in [0.15, 0.2) is 0 Å². The third-order valence-corrected chi connectivity index (χ3v) is 6.41. The van der Waals surface area contributed by atoms with Gasteiger partial charge in [0.2, 0.25) is 0 Å². The van der Waals surface area contributed by atoms with Gasteiger partial charge >= 0.3 is 0 Å². The van der Waals surface area contributed by atoms with E-state index in [0.717, 1.165) is 58.6 Å². The van der Waals surface area contributed by atoms with Crippen LogP contribution in [0.15, 0.2) is 78.9 Å². The van der Waals surface area contributed by atoms with Crippen molar-refractivity contribution in [2.45, 2.75) is 46.1 Å². The number of imidazole rings is 1. The first kappa shape index (κ1) is 23.5. The van der Waals surface area contributed by atoms with E-state index in [1.807, 2.05) is 66.2 Å². The maximum Gasteiger partial charge on any atom is 0.270 e. The first-order chi connectivity index (χ1) is 16.5. The van der Waals surface area contributed by atoms with Gasteiger partial charge in [0.05, 0.1) is 6.04 Å². The van der Waals surface area contributed by atoms with E-state index in [2.05, 4.69) is 50.4 Å². The lowest BCUT2D eigenvalue weighted by Crippen LogP contribution is -2.30. The van der Waals surface area contributed by atoms with Gasteiger partial charge in [-0.15, -0.1) is 0 Å². The van der Waals surface area contributed by atoms with Gasteiger partial charge in [-0.1, -0.05) is 98.6 Å². The molecule has 1 atom stereocenters. The molecule has 1 heterocycles. The molecule has 0 fully saturated rings. The Balaban J connectivity index is 1.82. The lowest BCUT2D eigenvalue weighted by Gasteiger charge is -2.20. The summed E-state index contributed by atoms with van der Waals surface area (Å²) in [6.45, 7) is 6.33. The fourth-order valence-electron chi connectivity index (χ4n) is 4.61.